The Kier molecular flexibility index (Phi) is 3.23. The van der Waals surface area contributed by atoms with Crippen LogP contribution in [0, 0.1) is 5.82 Å². The van der Waals surface area contributed by atoms with Gasteiger partial charge in [0.15, 0.2) is 11.6 Å². The molecule has 1 aliphatic rings. The largest absolute Gasteiger partial charge is 0.505 e. The Labute approximate surface area is 99.2 Å². The standard InChI is InChI=1S/C13H13FN2O/c1-2-5-16-8-11(7-15-9-16)10-3-4-13(17)12(14)6-10/h2-4,6-7,9,17H,1,5,8H2. The van der Waals surface area contributed by atoms with Gasteiger partial charge in [-0.2, -0.15) is 0 Å². The second kappa shape index (κ2) is 4.82. The summed E-state index contributed by atoms with van der Waals surface area (Å²) >= 11 is 0. The van der Waals surface area contributed by atoms with Crippen LogP contribution in [-0.2, 0) is 0 Å². The lowest BCUT2D eigenvalue weighted by molar-refractivity contribution is 0.432. The van der Waals surface area contributed by atoms with Crippen molar-refractivity contribution in [2.24, 2.45) is 4.99 Å². The molecule has 0 saturated heterocycles. The zero-order valence-corrected chi connectivity index (χ0v) is 9.31. The number of benzene rings is 1. The molecule has 1 aromatic rings. The zero-order valence-electron chi connectivity index (χ0n) is 9.31. The van der Waals surface area contributed by atoms with Crippen LogP contribution in [0.5, 0.6) is 5.75 Å². The van der Waals surface area contributed by atoms with E-state index in [2.05, 4.69) is 11.6 Å². The molecule has 1 aromatic carbocycles. The molecule has 88 valence electrons. The summed E-state index contributed by atoms with van der Waals surface area (Å²) in [7, 11) is 0. The molecule has 2 rings (SSSR count). The number of hydrogen-bond acceptors (Lipinski definition) is 3. The van der Waals surface area contributed by atoms with Crippen LogP contribution in [0.4, 0.5) is 4.39 Å². The van der Waals surface area contributed by atoms with Gasteiger partial charge in [0.05, 0.1) is 6.34 Å². The van der Waals surface area contributed by atoms with Crippen molar-refractivity contribution in [2.75, 3.05) is 13.1 Å². The first-order valence-electron chi connectivity index (χ1n) is 5.27. The lowest BCUT2D eigenvalue weighted by atomic mass is 10.1. The number of nitrogens with zero attached hydrogens (tertiary/aromatic N) is 2. The van der Waals surface area contributed by atoms with Crippen molar-refractivity contribution in [1.29, 1.82) is 0 Å². The molecule has 4 heteroatoms. The van der Waals surface area contributed by atoms with E-state index in [1.54, 1.807) is 24.7 Å². The lowest BCUT2D eigenvalue weighted by Gasteiger charge is -2.22. The van der Waals surface area contributed by atoms with Gasteiger partial charge in [-0.05, 0) is 23.3 Å². The van der Waals surface area contributed by atoms with Crippen LogP contribution in [0.1, 0.15) is 5.56 Å². The Morgan fingerprint density at radius 3 is 3.06 bits per heavy atom. The predicted octanol–water partition coefficient (Wildman–Crippen LogP) is 2.40. The number of aromatic hydroxyl groups is 1. The minimum absolute atomic E-state index is 0.336. The first-order chi connectivity index (χ1) is 8.20. The maximum absolute atomic E-state index is 13.2. The molecule has 0 aliphatic carbocycles. The highest BCUT2D eigenvalue weighted by atomic mass is 19.1. The number of halogens is 1. The molecule has 0 saturated carbocycles. The van der Waals surface area contributed by atoms with Crippen molar-refractivity contribution in [3.8, 4) is 5.75 Å². The van der Waals surface area contributed by atoms with E-state index >= 15 is 0 Å². The SMILES string of the molecule is C=CCN1C=NC=C(c2ccc(O)c(F)c2)C1. The van der Waals surface area contributed by atoms with E-state index in [9.17, 15) is 4.39 Å². The van der Waals surface area contributed by atoms with Crippen LogP contribution in [0.15, 0.2) is 42.0 Å². The monoisotopic (exact) mass is 232 g/mol. The fourth-order valence-corrected chi connectivity index (χ4v) is 1.67. The van der Waals surface area contributed by atoms with Crippen LogP contribution in [0.25, 0.3) is 5.57 Å². The molecule has 0 bridgehead atoms. The van der Waals surface area contributed by atoms with Gasteiger partial charge in [-0.25, -0.2) is 9.38 Å². The van der Waals surface area contributed by atoms with Crippen molar-refractivity contribution in [3.63, 3.8) is 0 Å². The third-order valence-corrected chi connectivity index (χ3v) is 2.52. The molecule has 1 aliphatic heterocycles. The van der Waals surface area contributed by atoms with E-state index in [0.29, 0.717) is 13.1 Å². The van der Waals surface area contributed by atoms with Gasteiger partial charge in [-0.15, -0.1) is 6.58 Å². The molecule has 0 amide bonds. The van der Waals surface area contributed by atoms with E-state index in [1.807, 2.05) is 4.90 Å². The molecule has 0 atom stereocenters. The molecule has 1 N–H and O–H groups in total. The lowest BCUT2D eigenvalue weighted by Crippen LogP contribution is -2.26. The van der Waals surface area contributed by atoms with E-state index in [-0.39, 0.29) is 5.75 Å². The van der Waals surface area contributed by atoms with Crippen molar-refractivity contribution in [2.45, 2.75) is 0 Å². The minimum atomic E-state index is -0.617. The Hall–Kier alpha value is -2.10. The maximum Gasteiger partial charge on any atom is 0.165 e. The van der Waals surface area contributed by atoms with Crippen molar-refractivity contribution < 1.29 is 9.50 Å². The van der Waals surface area contributed by atoms with Gasteiger partial charge in [0.1, 0.15) is 0 Å². The van der Waals surface area contributed by atoms with Gasteiger partial charge in [0.2, 0.25) is 0 Å². The van der Waals surface area contributed by atoms with E-state index in [1.165, 1.54) is 12.1 Å². The molecular weight excluding hydrogens is 219 g/mol. The normalized spacial score (nSPS) is 14.6. The molecule has 3 nitrogen and oxygen atoms in total. The number of hydrogen-bond donors (Lipinski definition) is 1. The number of phenolic OH excluding ortho intramolecular Hbond substituents is 1. The fraction of sp³-hybridized carbons (Fsp3) is 0.154. The van der Waals surface area contributed by atoms with Crippen LogP contribution < -0.4 is 0 Å². The summed E-state index contributed by atoms with van der Waals surface area (Å²) in [5.74, 6) is -0.954. The second-order valence-corrected chi connectivity index (χ2v) is 3.80. The maximum atomic E-state index is 13.2. The number of aliphatic imine (C=N–C) groups is 1. The second-order valence-electron chi connectivity index (χ2n) is 3.80. The predicted molar refractivity (Wildman–Crippen MR) is 66.3 cm³/mol. The molecule has 0 aromatic heterocycles. The highest BCUT2D eigenvalue weighted by Crippen LogP contribution is 2.23. The van der Waals surface area contributed by atoms with Crippen LogP contribution in [0.2, 0.25) is 0 Å². The Morgan fingerprint density at radius 1 is 1.53 bits per heavy atom. The summed E-state index contributed by atoms with van der Waals surface area (Å²) in [6, 6.07) is 4.34. The Morgan fingerprint density at radius 2 is 2.35 bits per heavy atom. The average molecular weight is 232 g/mol. The molecule has 0 fully saturated rings. The molecule has 0 radical (unpaired) electrons. The highest BCUT2D eigenvalue weighted by Gasteiger charge is 2.11. The highest BCUT2D eigenvalue weighted by molar-refractivity contribution is 5.74. The van der Waals surface area contributed by atoms with Gasteiger partial charge in [-0.1, -0.05) is 12.1 Å². The summed E-state index contributed by atoms with van der Waals surface area (Å²) in [6.45, 7) is 5.01. The summed E-state index contributed by atoms with van der Waals surface area (Å²) in [4.78, 5) is 6.06. The van der Waals surface area contributed by atoms with Crippen LogP contribution in [-0.4, -0.2) is 29.4 Å². The van der Waals surface area contributed by atoms with E-state index < -0.39 is 5.82 Å². The smallest absolute Gasteiger partial charge is 0.165 e. The molecule has 17 heavy (non-hydrogen) atoms. The zero-order chi connectivity index (χ0) is 12.3. The molecular formula is C13H13FN2O. The Bertz CT molecular complexity index is 494. The van der Waals surface area contributed by atoms with E-state index in [4.69, 9.17) is 5.11 Å². The third-order valence-electron chi connectivity index (χ3n) is 2.52. The van der Waals surface area contributed by atoms with Gasteiger partial charge in [0.25, 0.3) is 0 Å². The van der Waals surface area contributed by atoms with Crippen LogP contribution in [0.3, 0.4) is 0 Å². The molecule has 0 unspecified atom stereocenters. The number of phenols is 1. The van der Waals surface area contributed by atoms with Crippen molar-refractivity contribution in [1.82, 2.24) is 4.90 Å². The molecule has 0 spiro atoms. The summed E-state index contributed by atoms with van der Waals surface area (Å²) in [5, 5.41) is 9.13. The first-order valence-corrected chi connectivity index (χ1v) is 5.27. The number of rotatable bonds is 3. The van der Waals surface area contributed by atoms with Gasteiger partial charge >= 0.3 is 0 Å². The quantitative estimate of drug-likeness (QED) is 0.812. The van der Waals surface area contributed by atoms with Crippen LogP contribution >= 0.6 is 0 Å². The third kappa shape index (κ3) is 2.53. The van der Waals surface area contributed by atoms with Gasteiger partial charge < -0.3 is 10.0 Å². The fourth-order valence-electron chi connectivity index (χ4n) is 1.67. The van der Waals surface area contributed by atoms with E-state index in [0.717, 1.165) is 11.1 Å². The van der Waals surface area contributed by atoms with Crippen molar-refractivity contribution in [3.05, 3.63) is 48.4 Å². The van der Waals surface area contributed by atoms with Gasteiger partial charge in [-0.3, -0.25) is 0 Å². The average Bonchev–Trinajstić information content (AvgIpc) is 2.33. The van der Waals surface area contributed by atoms with Gasteiger partial charge in [0, 0.05) is 19.3 Å². The summed E-state index contributed by atoms with van der Waals surface area (Å²) in [6.07, 6.45) is 5.21. The Balaban J connectivity index is 2.22. The molecule has 1 heterocycles. The topological polar surface area (TPSA) is 35.8 Å². The summed E-state index contributed by atoms with van der Waals surface area (Å²) in [5.41, 5.74) is 1.64. The van der Waals surface area contributed by atoms with Crippen molar-refractivity contribution >= 4 is 11.9 Å². The minimum Gasteiger partial charge on any atom is -0.505 e. The first kappa shape index (κ1) is 11.4. The summed E-state index contributed by atoms with van der Waals surface area (Å²) < 4.78 is 13.2.